The Bertz CT molecular complexity index is 842. The van der Waals surface area contributed by atoms with Gasteiger partial charge in [-0.2, -0.15) is 0 Å². The Labute approximate surface area is 160 Å². The van der Waals surface area contributed by atoms with E-state index in [1.54, 1.807) is 4.90 Å². The molecule has 3 aliphatic heterocycles. The van der Waals surface area contributed by atoms with E-state index in [4.69, 9.17) is 4.74 Å². The molecule has 27 heavy (non-hydrogen) atoms. The van der Waals surface area contributed by atoms with Crippen LogP contribution in [-0.2, 0) is 11.3 Å². The minimum Gasteiger partial charge on any atom is -0.441 e. The molecule has 3 saturated heterocycles. The zero-order chi connectivity index (χ0) is 18.4. The number of likely N-dealkylation sites (N-methyl/N-ethyl adjacent to an activating group) is 1. The molecule has 2 aromatic rings. The minimum absolute atomic E-state index is 0.156. The predicted molar refractivity (Wildman–Crippen MR) is 105 cm³/mol. The van der Waals surface area contributed by atoms with Crippen molar-refractivity contribution in [1.29, 1.82) is 0 Å². The summed E-state index contributed by atoms with van der Waals surface area (Å²) in [4.78, 5) is 16.6. The molecule has 140 valence electrons. The fraction of sp³-hybridized carbons (Fsp3) is 0.435. The summed E-state index contributed by atoms with van der Waals surface area (Å²) in [7, 11) is 1.85. The predicted octanol–water partition coefficient (Wildman–Crippen LogP) is 4.30. The molecular weight excluding hydrogens is 336 g/mol. The molecule has 0 aromatic heterocycles. The summed E-state index contributed by atoms with van der Waals surface area (Å²) in [6.07, 6.45) is 4.12. The quantitative estimate of drug-likeness (QED) is 0.816. The van der Waals surface area contributed by atoms with Gasteiger partial charge in [0, 0.05) is 26.2 Å². The number of amides is 1. The number of carbonyl (C=O) groups is 1. The van der Waals surface area contributed by atoms with E-state index in [-0.39, 0.29) is 17.7 Å². The Kier molecular flexibility index (Phi) is 3.97. The number of fused-ring (bicyclic) bond motifs is 2. The van der Waals surface area contributed by atoms with Crippen molar-refractivity contribution in [3.63, 3.8) is 0 Å². The average Bonchev–Trinajstić information content (AvgIpc) is 2.71. The van der Waals surface area contributed by atoms with Crippen molar-refractivity contribution in [2.75, 3.05) is 13.6 Å². The number of benzene rings is 2. The third-order valence-electron chi connectivity index (χ3n) is 6.78. The molecule has 1 spiro atoms. The van der Waals surface area contributed by atoms with Gasteiger partial charge in [0.15, 0.2) is 0 Å². The van der Waals surface area contributed by atoms with Gasteiger partial charge in [-0.15, -0.1) is 0 Å². The highest BCUT2D eigenvalue weighted by atomic mass is 16.6. The molecule has 2 bridgehead atoms. The van der Waals surface area contributed by atoms with Crippen molar-refractivity contribution < 1.29 is 9.53 Å². The molecule has 4 heteroatoms. The largest absolute Gasteiger partial charge is 0.441 e. The average molecular weight is 362 g/mol. The number of hydrogen-bond acceptors (Lipinski definition) is 3. The molecule has 2 aromatic carbocycles. The van der Waals surface area contributed by atoms with E-state index in [1.165, 1.54) is 16.7 Å². The van der Waals surface area contributed by atoms with Crippen molar-refractivity contribution in [3.8, 4) is 11.1 Å². The fourth-order valence-electron chi connectivity index (χ4n) is 5.33. The van der Waals surface area contributed by atoms with Crippen molar-refractivity contribution in [1.82, 2.24) is 9.80 Å². The monoisotopic (exact) mass is 362 g/mol. The Morgan fingerprint density at radius 3 is 2.52 bits per heavy atom. The lowest BCUT2D eigenvalue weighted by molar-refractivity contribution is -0.177. The third kappa shape index (κ3) is 2.74. The molecule has 0 N–H and O–H groups in total. The van der Waals surface area contributed by atoms with Crippen LogP contribution in [0.25, 0.3) is 11.1 Å². The smallest absolute Gasteiger partial charge is 0.410 e. The summed E-state index contributed by atoms with van der Waals surface area (Å²) < 4.78 is 6.01. The van der Waals surface area contributed by atoms with Crippen LogP contribution >= 0.6 is 0 Å². The van der Waals surface area contributed by atoms with Crippen molar-refractivity contribution >= 4 is 6.09 Å². The summed E-state index contributed by atoms with van der Waals surface area (Å²) in [6.45, 7) is 1.68. The number of rotatable bonds is 3. The second kappa shape index (κ2) is 6.38. The van der Waals surface area contributed by atoms with Crippen molar-refractivity contribution in [2.45, 2.75) is 49.9 Å². The van der Waals surface area contributed by atoms with Gasteiger partial charge in [-0.05, 0) is 42.4 Å². The van der Waals surface area contributed by atoms with Crippen LogP contribution in [0.5, 0.6) is 0 Å². The first-order chi connectivity index (χ1) is 13.2. The molecule has 1 unspecified atom stereocenters. The summed E-state index contributed by atoms with van der Waals surface area (Å²) in [5.41, 5.74) is 3.64. The van der Waals surface area contributed by atoms with Crippen LogP contribution in [0.2, 0.25) is 0 Å². The zero-order valence-electron chi connectivity index (χ0n) is 15.8. The van der Waals surface area contributed by atoms with E-state index in [9.17, 15) is 4.79 Å². The van der Waals surface area contributed by atoms with E-state index in [0.717, 1.165) is 38.8 Å². The van der Waals surface area contributed by atoms with Crippen LogP contribution in [-0.4, -0.2) is 47.2 Å². The van der Waals surface area contributed by atoms with Crippen LogP contribution in [0.1, 0.15) is 31.2 Å². The van der Waals surface area contributed by atoms with Crippen LogP contribution in [0, 0.1) is 0 Å². The van der Waals surface area contributed by atoms with Gasteiger partial charge in [-0.25, -0.2) is 4.79 Å². The number of nitrogens with zero attached hydrogens (tertiary/aromatic N) is 2. The van der Waals surface area contributed by atoms with E-state index < -0.39 is 0 Å². The van der Waals surface area contributed by atoms with Gasteiger partial charge in [-0.1, -0.05) is 54.6 Å². The van der Waals surface area contributed by atoms with Crippen LogP contribution < -0.4 is 0 Å². The summed E-state index contributed by atoms with van der Waals surface area (Å²) in [6, 6.07) is 20.2. The van der Waals surface area contributed by atoms with E-state index in [2.05, 4.69) is 59.5 Å². The first-order valence-electron chi connectivity index (χ1n) is 9.99. The summed E-state index contributed by atoms with van der Waals surface area (Å²) in [5, 5.41) is 0. The van der Waals surface area contributed by atoms with Crippen LogP contribution in [0.3, 0.4) is 0 Å². The molecule has 4 fully saturated rings. The minimum atomic E-state index is -0.278. The number of ether oxygens (including phenoxy) is 1. The summed E-state index contributed by atoms with van der Waals surface area (Å²) >= 11 is 0. The molecule has 1 amide bonds. The van der Waals surface area contributed by atoms with Crippen molar-refractivity contribution in [3.05, 3.63) is 60.2 Å². The van der Waals surface area contributed by atoms with Gasteiger partial charge in [0.2, 0.25) is 0 Å². The van der Waals surface area contributed by atoms with Gasteiger partial charge >= 0.3 is 6.09 Å². The van der Waals surface area contributed by atoms with Gasteiger partial charge in [0.25, 0.3) is 0 Å². The molecule has 1 saturated carbocycles. The topological polar surface area (TPSA) is 32.8 Å². The maximum absolute atomic E-state index is 12.2. The second-order valence-corrected chi connectivity index (χ2v) is 8.26. The Morgan fingerprint density at radius 1 is 1.04 bits per heavy atom. The van der Waals surface area contributed by atoms with Gasteiger partial charge < -0.3 is 9.64 Å². The highest BCUT2D eigenvalue weighted by molar-refractivity contribution is 5.69. The molecule has 3 heterocycles. The lowest BCUT2D eigenvalue weighted by atomic mass is 9.69. The normalized spacial score (nSPS) is 30.1. The van der Waals surface area contributed by atoms with Crippen molar-refractivity contribution in [2.24, 2.45) is 0 Å². The second-order valence-electron chi connectivity index (χ2n) is 8.26. The highest BCUT2D eigenvalue weighted by Gasteiger charge is 2.57. The Morgan fingerprint density at radius 2 is 1.74 bits per heavy atom. The molecule has 1 atom stereocenters. The molecule has 6 rings (SSSR count). The molecule has 1 aliphatic carbocycles. The first-order valence-corrected chi connectivity index (χ1v) is 9.99. The number of carbonyl (C=O) groups excluding carboxylic acids is 1. The third-order valence-corrected chi connectivity index (χ3v) is 6.78. The molecular formula is C23H26N2O2. The van der Waals surface area contributed by atoms with Crippen LogP contribution in [0.4, 0.5) is 4.79 Å². The SMILES string of the molecule is CN1CC2N(Cc3ccccc3-c3ccccc3)C3CCC2(CC3)OC1=O. The first kappa shape index (κ1) is 16.8. The van der Waals surface area contributed by atoms with E-state index in [1.807, 2.05) is 7.05 Å². The highest BCUT2D eigenvalue weighted by Crippen LogP contribution is 2.48. The molecule has 4 aliphatic rings. The van der Waals surface area contributed by atoms with E-state index >= 15 is 0 Å². The maximum atomic E-state index is 12.2. The van der Waals surface area contributed by atoms with E-state index in [0.29, 0.717) is 6.04 Å². The number of piperidine rings is 2. The lowest BCUT2D eigenvalue weighted by Gasteiger charge is -2.60. The van der Waals surface area contributed by atoms with Crippen LogP contribution in [0.15, 0.2) is 54.6 Å². The van der Waals surface area contributed by atoms with Gasteiger partial charge in [0.1, 0.15) is 5.60 Å². The Hall–Kier alpha value is -2.33. The molecule has 4 nitrogen and oxygen atoms in total. The summed E-state index contributed by atoms with van der Waals surface area (Å²) in [5.74, 6) is 0. The maximum Gasteiger partial charge on any atom is 0.410 e. The standard InChI is InChI=1S/C23H26N2O2/c1-24-16-21-23(27-22(24)26)13-11-19(12-14-23)25(21)15-18-9-5-6-10-20(18)17-7-3-2-4-8-17/h2-10,19,21H,11-16H2,1H3. The Balaban J connectivity index is 1.49. The lowest BCUT2D eigenvalue weighted by Crippen LogP contribution is -2.71. The van der Waals surface area contributed by atoms with Gasteiger partial charge in [-0.3, -0.25) is 4.90 Å². The zero-order valence-corrected chi connectivity index (χ0v) is 15.8. The number of hydrogen-bond donors (Lipinski definition) is 0. The fourth-order valence-corrected chi connectivity index (χ4v) is 5.33. The van der Waals surface area contributed by atoms with Gasteiger partial charge in [0.05, 0.1) is 6.04 Å². The molecule has 0 radical (unpaired) electrons.